The van der Waals surface area contributed by atoms with E-state index in [9.17, 15) is 0 Å². The lowest BCUT2D eigenvalue weighted by Gasteiger charge is -2.30. The zero-order valence-electron chi connectivity index (χ0n) is 30.1. The van der Waals surface area contributed by atoms with Crippen LogP contribution in [0, 0.1) is 13.8 Å². The quantitative estimate of drug-likeness (QED) is 0.174. The topological polar surface area (TPSA) is 0 Å². The van der Waals surface area contributed by atoms with Crippen LogP contribution in [0.5, 0.6) is 0 Å². The first kappa shape index (κ1) is 30.4. The minimum absolute atomic E-state index is 0.319. The average Bonchev–Trinajstić information content (AvgIpc) is 3.82. The van der Waals surface area contributed by atoms with E-state index in [0.717, 1.165) is 12.8 Å². The third-order valence-electron chi connectivity index (χ3n) is 12.5. The van der Waals surface area contributed by atoms with Crippen molar-refractivity contribution in [3.8, 4) is 55.6 Å². The molecule has 0 aromatic heterocycles. The van der Waals surface area contributed by atoms with Crippen LogP contribution >= 0.6 is 0 Å². The standard InChI is InChI=1S/C53H38/c1-33-12-3-4-15-41(33)46-31-36(24-22-34(46)2)37-25-26-38-30-40-14-11-13-39(52(40)47(38)32-37)28-35-23-27-45-44-18-7-10-21-50(44)53(51(45)29-35)48-19-8-5-16-42(48)43-17-6-9-20-49(43)53/h3-27,29,31-32H,28,30H2,1-2H3. The highest BCUT2D eigenvalue weighted by Crippen LogP contribution is 2.62. The van der Waals surface area contributed by atoms with E-state index in [1.807, 2.05) is 0 Å². The third-order valence-corrected chi connectivity index (χ3v) is 12.5. The second-order valence-electron chi connectivity index (χ2n) is 15.3. The molecular formula is C53H38. The molecule has 0 bridgehead atoms. The molecule has 0 radical (unpaired) electrons. The Kier molecular flexibility index (Phi) is 6.53. The molecule has 0 fully saturated rings. The Labute approximate surface area is 312 Å². The van der Waals surface area contributed by atoms with Crippen molar-refractivity contribution in [2.75, 3.05) is 0 Å². The summed E-state index contributed by atoms with van der Waals surface area (Å²) >= 11 is 0. The third kappa shape index (κ3) is 4.30. The molecule has 250 valence electrons. The van der Waals surface area contributed by atoms with E-state index in [-0.39, 0.29) is 5.41 Å². The van der Waals surface area contributed by atoms with E-state index in [4.69, 9.17) is 0 Å². The fourth-order valence-corrected chi connectivity index (χ4v) is 10.1. The van der Waals surface area contributed by atoms with Crippen LogP contribution in [0.15, 0.2) is 170 Å². The normalized spacial score (nSPS) is 13.6. The second kappa shape index (κ2) is 11.4. The van der Waals surface area contributed by atoms with Gasteiger partial charge in [-0.3, -0.25) is 0 Å². The van der Waals surface area contributed by atoms with Crippen LogP contribution in [-0.4, -0.2) is 0 Å². The maximum absolute atomic E-state index is 2.54. The van der Waals surface area contributed by atoms with Gasteiger partial charge in [0.2, 0.25) is 0 Å². The summed E-state index contributed by atoms with van der Waals surface area (Å²) in [6, 6.07) is 64.4. The largest absolute Gasteiger partial charge is 0.0725 e. The molecule has 0 heteroatoms. The molecule has 3 aliphatic rings. The van der Waals surface area contributed by atoms with Gasteiger partial charge in [-0.15, -0.1) is 0 Å². The first-order chi connectivity index (χ1) is 26.1. The van der Waals surface area contributed by atoms with E-state index in [2.05, 4.69) is 184 Å². The molecule has 0 saturated carbocycles. The highest BCUT2D eigenvalue weighted by atomic mass is 14.5. The minimum atomic E-state index is -0.319. The van der Waals surface area contributed by atoms with Crippen LogP contribution in [-0.2, 0) is 18.3 Å². The summed E-state index contributed by atoms with van der Waals surface area (Å²) in [5.74, 6) is 0. The molecule has 0 saturated heterocycles. The summed E-state index contributed by atoms with van der Waals surface area (Å²) in [5, 5.41) is 0. The Morgan fingerprint density at radius 3 is 1.64 bits per heavy atom. The Bertz CT molecular complexity index is 2750. The molecule has 0 N–H and O–H groups in total. The molecule has 0 heterocycles. The zero-order valence-corrected chi connectivity index (χ0v) is 30.1. The molecule has 3 aliphatic carbocycles. The van der Waals surface area contributed by atoms with Crippen LogP contribution in [0.3, 0.4) is 0 Å². The van der Waals surface area contributed by atoms with Crippen molar-refractivity contribution in [3.05, 3.63) is 225 Å². The second-order valence-corrected chi connectivity index (χ2v) is 15.3. The molecule has 0 nitrogen and oxygen atoms in total. The minimum Gasteiger partial charge on any atom is -0.0620 e. The van der Waals surface area contributed by atoms with E-state index in [1.54, 1.807) is 0 Å². The van der Waals surface area contributed by atoms with E-state index in [0.29, 0.717) is 0 Å². The predicted molar refractivity (Wildman–Crippen MR) is 221 cm³/mol. The summed E-state index contributed by atoms with van der Waals surface area (Å²) in [6.07, 6.45) is 1.87. The predicted octanol–water partition coefficient (Wildman–Crippen LogP) is 13.1. The lowest BCUT2D eigenvalue weighted by atomic mass is 9.70. The molecule has 1 spiro atoms. The fraction of sp³-hybridized carbons (Fsp3) is 0.0943. The maximum atomic E-state index is 2.54. The Balaban J connectivity index is 1.03. The molecule has 8 aromatic carbocycles. The number of hydrogen-bond donors (Lipinski definition) is 0. The summed E-state index contributed by atoms with van der Waals surface area (Å²) in [4.78, 5) is 0. The number of fused-ring (bicyclic) bond motifs is 13. The van der Waals surface area contributed by atoms with E-state index in [1.165, 1.54) is 111 Å². The number of rotatable bonds is 4. The van der Waals surface area contributed by atoms with Crippen molar-refractivity contribution in [1.82, 2.24) is 0 Å². The van der Waals surface area contributed by atoms with Gasteiger partial charge >= 0.3 is 0 Å². The highest BCUT2D eigenvalue weighted by Gasteiger charge is 2.51. The van der Waals surface area contributed by atoms with Crippen molar-refractivity contribution in [3.63, 3.8) is 0 Å². The van der Waals surface area contributed by atoms with Crippen molar-refractivity contribution < 1.29 is 0 Å². The van der Waals surface area contributed by atoms with E-state index < -0.39 is 0 Å². The highest BCUT2D eigenvalue weighted by molar-refractivity contribution is 5.95. The number of aryl methyl sites for hydroxylation is 2. The van der Waals surface area contributed by atoms with E-state index >= 15 is 0 Å². The van der Waals surface area contributed by atoms with Gasteiger partial charge < -0.3 is 0 Å². The van der Waals surface area contributed by atoms with Crippen LogP contribution in [0.25, 0.3) is 55.6 Å². The van der Waals surface area contributed by atoms with Gasteiger partial charge in [0, 0.05) is 0 Å². The van der Waals surface area contributed by atoms with Gasteiger partial charge in [-0.25, -0.2) is 0 Å². The van der Waals surface area contributed by atoms with Gasteiger partial charge in [-0.05, 0) is 150 Å². The van der Waals surface area contributed by atoms with Crippen LogP contribution < -0.4 is 0 Å². The fourth-order valence-electron chi connectivity index (χ4n) is 10.1. The first-order valence-electron chi connectivity index (χ1n) is 18.9. The molecule has 8 aromatic rings. The van der Waals surface area contributed by atoms with Gasteiger partial charge in [0.15, 0.2) is 0 Å². The molecule has 53 heavy (non-hydrogen) atoms. The van der Waals surface area contributed by atoms with Gasteiger partial charge in [-0.1, -0.05) is 158 Å². The Morgan fingerprint density at radius 2 is 0.962 bits per heavy atom. The van der Waals surface area contributed by atoms with Gasteiger partial charge in [0.25, 0.3) is 0 Å². The van der Waals surface area contributed by atoms with Crippen molar-refractivity contribution >= 4 is 0 Å². The van der Waals surface area contributed by atoms with Crippen LogP contribution in [0.1, 0.15) is 55.6 Å². The lowest BCUT2D eigenvalue weighted by Crippen LogP contribution is -2.26. The van der Waals surface area contributed by atoms with Gasteiger partial charge in [0.05, 0.1) is 5.41 Å². The first-order valence-corrected chi connectivity index (χ1v) is 18.9. The van der Waals surface area contributed by atoms with Crippen LogP contribution in [0.4, 0.5) is 0 Å². The number of benzene rings is 8. The summed E-state index contributed by atoms with van der Waals surface area (Å²) in [7, 11) is 0. The van der Waals surface area contributed by atoms with Gasteiger partial charge in [-0.2, -0.15) is 0 Å². The molecule has 0 aliphatic heterocycles. The maximum Gasteiger partial charge on any atom is 0.0725 e. The zero-order chi connectivity index (χ0) is 35.3. The Morgan fingerprint density at radius 1 is 0.396 bits per heavy atom. The number of hydrogen-bond acceptors (Lipinski definition) is 0. The Hall–Kier alpha value is -6.24. The summed E-state index contributed by atoms with van der Waals surface area (Å²) < 4.78 is 0. The summed E-state index contributed by atoms with van der Waals surface area (Å²) in [5.41, 5.74) is 26.9. The van der Waals surface area contributed by atoms with Gasteiger partial charge in [0.1, 0.15) is 0 Å². The summed E-state index contributed by atoms with van der Waals surface area (Å²) in [6.45, 7) is 4.43. The average molecular weight is 675 g/mol. The molecule has 0 unspecified atom stereocenters. The van der Waals surface area contributed by atoms with Crippen molar-refractivity contribution in [2.24, 2.45) is 0 Å². The SMILES string of the molecule is Cc1ccccc1-c1cc(-c2ccc3c(c2)-c2c(Cc4ccc5c(c4)C4(c6ccccc6-c6ccccc64)c4ccccc4-5)cccc2C3)ccc1C. The molecule has 0 atom stereocenters. The molecule has 11 rings (SSSR count). The lowest BCUT2D eigenvalue weighted by molar-refractivity contribution is 0.792. The molecule has 0 amide bonds. The monoisotopic (exact) mass is 674 g/mol. The molecular weight excluding hydrogens is 637 g/mol. The van der Waals surface area contributed by atoms with Crippen LogP contribution in [0.2, 0.25) is 0 Å². The van der Waals surface area contributed by atoms with Crippen molar-refractivity contribution in [1.29, 1.82) is 0 Å². The smallest absolute Gasteiger partial charge is 0.0620 e. The van der Waals surface area contributed by atoms with Crippen molar-refractivity contribution in [2.45, 2.75) is 32.1 Å².